The van der Waals surface area contributed by atoms with Crippen LogP contribution in [0.4, 0.5) is 0 Å². The van der Waals surface area contributed by atoms with Gasteiger partial charge >= 0.3 is 0 Å². The van der Waals surface area contributed by atoms with Crippen molar-refractivity contribution < 1.29 is 29.9 Å². The number of phenols is 1. The molecule has 172 valence electrons. The molecule has 0 unspecified atom stereocenters. The molecule has 3 rings (SSSR count). The Balaban J connectivity index is 1.92. The van der Waals surface area contributed by atoms with Crippen molar-refractivity contribution in [2.24, 2.45) is 5.92 Å². The minimum absolute atomic E-state index is 0.0732. The second-order valence-electron chi connectivity index (χ2n) is 9.32. The molecule has 0 aromatic heterocycles. The van der Waals surface area contributed by atoms with Gasteiger partial charge in [0.15, 0.2) is 11.5 Å². The molecule has 1 heterocycles. The van der Waals surface area contributed by atoms with E-state index in [0.29, 0.717) is 11.8 Å². The Morgan fingerprint density at radius 3 is 2.58 bits per heavy atom. The van der Waals surface area contributed by atoms with Gasteiger partial charge in [0.2, 0.25) is 6.29 Å². The summed E-state index contributed by atoms with van der Waals surface area (Å²) < 4.78 is 11.2. The van der Waals surface area contributed by atoms with E-state index in [1.165, 1.54) is 5.57 Å². The van der Waals surface area contributed by atoms with E-state index in [1.54, 1.807) is 0 Å². The number of aromatic hydroxyl groups is 1. The van der Waals surface area contributed by atoms with Crippen molar-refractivity contribution in [1.82, 2.24) is 0 Å². The smallest absolute Gasteiger partial charge is 0.229 e. The average Bonchev–Trinajstić information content (AvgIpc) is 2.70. The number of hydrogen-bond acceptors (Lipinski definition) is 6. The summed E-state index contributed by atoms with van der Waals surface area (Å²) >= 11 is 0. The van der Waals surface area contributed by atoms with Crippen LogP contribution >= 0.6 is 0 Å². The second kappa shape index (κ2) is 9.74. The predicted octanol–water partition coefficient (Wildman–Crippen LogP) is 3.66. The van der Waals surface area contributed by atoms with Gasteiger partial charge in [-0.15, -0.1) is 0 Å². The second-order valence-corrected chi connectivity index (χ2v) is 9.32. The monoisotopic (exact) mass is 432 g/mol. The molecule has 0 radical (unpaired) electrons. The van der Waals surface area contributed by atoms with Crippen LogP contribution in [0.25, 0.3) is 0 Å². The fraction of sp³-hybridized carbons (Fsp3) is 0.600. The largest absolute Gasteiger partial charge is 0.504 e. The molecule has 1 fully saturated rings. The lowest BCUT2D eigenvalue weighted by molar-refractivity contribution is -0.242. The average molecular weight is 433 g/mol. The zero-order valence-electron chi connectivity index (χ0n) is 19.1. The van der Waals surface area contributed by atoms with Crippen LogP contribution < -0.4 is 4.74 Å². The predicted molar refractivity (Wildman–Crippen MR) is 119 cm³/mol. The summed E-state index contributed by atoms with van der Waals surface area (Å²) in [6.07, 6.45) is 3.31. The molecule has 1 aromatic rings. The molecule has 7 atom stereocenters. The van der Waals surface area contributed by atoms with E-state index in [0.717, 1.165) is 29.5 Å². The van der Waals surface area contributed by atoms with Crippen molar-refractivity contribution in [3.63, 3.8) is 0 Å². The summed E-state index contributed by atoms with van der Waals surface area (Å²) in [5.41, 5.74) is 4.01. The third kappa shape index (κ3) is 4.98. The number of allylic oxidation sites excluding steroid dienone is 4. The molecule has 1 aliphatic heterocycles. The third-order valence-corrected chi connectivity index (χ3v) is 6.48. The van der Waals surface area contributed by atoms with E-state index in [9.17, 15) is 20.4 Å². The van der Waals surface area contributed by atoms with Crippen molar-refractivity contribution in [2.45, 2.75) is 83.9 Å². The number of rotatable bonds is 5. The molecule has 4 N–H and O–H groups in total. The van der Waals surface area contributed by atoms with Gasteiger partial charge in [-0.2, -0.15) is 0 Å². The van der Waals surface area contributed by atoms with Crippen LogP contribution in [0.3, 0.4) is 0 Å². The van der Waals surface area contributed by atoms with Crippen molar-refractivity contribution in [2.75, 3.05) is 6.61 Å². The molecule has 1 saturated heterocycles. The summed E-state index contributed by atoms with van der Waals surface area (Å²) in [5.74, 6) is 1.11. The zero-order valence-corrected chi connectivity index (χ0v) is 19.1. The SMILES string of the molecule is CC(C)=C/C=C\[C@H](C)[C@H]1CC[C@H](C)c2c1cc(C)c(O[C@H]1OC[C@H](O)[C@H](O)[C@H]1O)c2O. The number of hydrogen-bond donors (Lipinski definition) is 4. The number of ether oxygens (including phenoxy) is 2. The normalized spacial score (nSPS) is 31.9. The van der Waals surface area contributed by atoms with Gasteiger partial charge in [0.1, 0.15) is 18.3 Å². The van der Waals surface area contributed by atoms with Crippen molar-refractivity contribution >= 4 is 0 Å². The van der Waals surface area contributed by atoms with Gasteiger partial charge in [-0.05, 0) is 62.5 Å². The Labute approximate surface area is 184 Å². The molecule has 2 aliphatic rings. The first kappa shape index (κ1) is 23.8. The molecular weight excluding hydrogens is 396 g/mol. The summed E-state index contributed by atoms with van der Waals surface area (Å²) in [5, 5.41) is 41.0. The summed E-state index contributed by atoms with van der Waals surface area (Å²) in [4.78, 5) is 0. The fourth-order valence-corrected chi connectivity index (χ4v) is 4.63. The van der Waals surface area contributed by atoms with Crippen LogP contribution in [-0.2, 0) is 4.74 Å². The van der Waals surface area contributed by atoms with E-state index >= 15 is 0 Å². The Bertz CT molecular complexity index is 841. The highest BCUT2D eigenvalue weighted by atomic mass is 16.7. The minimum atomic E-state index is -1.41. The van der Waals surface area contributed by atoms with Crippen molar-refractivity contribution in [1.29, 1.82) is 0 Å². The highest BCUT2D eigenvalue weighted by Gasteiger charge is 2.40. The van der Waals surface area contributed by atoms with Crippen molar-refractivity contribution in [3.05, 3.63) is 46.6 Å². The summed E-state index contributed by atoms with van der Waals surface area (Å²) in [6, 6.07) is 2.07. The van der Waals surface area contributed by atoms with E-state index < -0.39 is 24.6 Å². The first-order valence-corrected chi connectivity index (χ1v) is 11.1. The molecule has 0 saturated carbocycles. The quantitative estimate of drug-likeness (QED) is 0.530. The summed E-state index contributed by atoms with van der Waals surface area (Å²) in [7, 11) is 0. The zero-order chi connectivity index (χ0) is 22.9. The van der Waals surface area contributed by atoms with Crippen molar-refractivity contribution in [3.8, 4) is 11.5 Å². The Morgan fingerprint density at radius 2 is 1.90 bits per heavy atom. The maximum Gasteiger partial charge on any atom is 0.229 e. The molecule has 6 heteroatoms. The standard InChI is InChI=1S/C25H36O6/c1-13(2)7-6-8-14(3)17-10-9-15(4)20-18(17)11-16(5)24(22(20)28)31-25-23(29)21(27)19(26)12-30-25/h6-8,11,14-15,17,19,21,23,25-29H,9-10,12H2,1-5H3/b8-6-/t14-,15-,17+,19-,21-,23+,25+/m0/s1. The van der Waals surface area contributed by atoms with Crippen LogP contribution in [0.5, 0.6) is 11.5 Å². The Hall–Kier alpha value is -1.86. The molecule has 1 aliphatic carbocycles. The Kier molecular flexibility index (Phi) is 7.47. The first-order valence-electron chi connectivity index (χ1n) is 11.1. The topological polar surface area (TPSA) is 99.4 Å². The van der Waals surface area contributed by atoms with Gasteiger partial charge in [0.25, 0.3) is 0 Å². The van der Waals surface area contributed by atoms with E-state index in [4.69, 9.17) is 9.47 Å². The number of aliphatic hydroxyl groups is 3. The van der Waals surface area contributed by atoms with E-state index in [-0.39, 0.29) is 24.0 Å². The van der Waals surface area contributed by atoms with Gasteiger partial charge in [-0.1, -0.05) is 43.7 Å². The molecule has 31 heavy (non-hydrogen) atoms. The number of benzene rings is 1. The molecular formula is C25H36O6. The number of aryl methyl sites for hydroxylation is 1. The molecule has 0 amide bonds. The maximum atomic E-state index is 11.2. The Morgan fingerprint density at radius 1 is 1.19 bits per heavy atom. The third-order valence-electron chi connectivity index (χ3n) is 6.48. The molecule has 6 nitrogen and oxygen atoms in total. The lowest BCUT2D eigenvalue weighted by atomic mass is 9.71. The van der Waals surface area contributed by atoms with Gasteiger partial charge < -0.3 is 29.9 Å². The van der Waals surface area contributed by atoms with Crippen LogP contribution in [0, 0.1) is 12.8 Å². The molecule has 1 aromatic carbocycles. The van der Waals surface area contributed by atoms with Gasteiger partial charge in [0.05, 0.1) is 6.61 Å². The highest BCUT2D eigenvalue weighted by molar-refractivity contribution is 5.57. The highest BCUT2D eigenvalue weighted by Crippen LogP contribution is 2.50. The van der Waals surface area contributed by atoms with Crippen LogP contribution in [0.1, 0.15) is 69.1 Å². The minimum Gasteiger partial charge on any atom is -0.504 e. The van der Waals surface area contributed by atoms with Gasteiger partial charge in [0, 0.05) is 5.56 Å². The summed E-state index contributed by atoms with van der Waals surface area (Å²) in [6.45, 7) is 10.2. The van der Waals surface area contributed by atoms with Crippen LogP contribution in [0.2, 0.25) is 0 Å². The molecule has 0 spiro atoms. The maximum absolute atomic E-state index is 11.2. The van der Waals surface area contributed by atoms with E-state index in [2.05, 4.69) is 52.0 Å². The lowest BCUT2D eigenvalue weighted by Gasteiger charge is -2.37. The van der Waals surface area contributed by atoms with Gasteiger partial charge in [-0.3, -0.25) is 0 Å². The fourth-order valence-electron chi connectivity index (χ4n) is 4.63. The number of fused-ring (bicyclic) bond motifs is 1. The van der Waals surface area contributed by atoms with E-state index in [1.807, 2.05) is 6.92 Å². The molecule has 0 bridgehead atoms. The van der Waals surface area contributed by atoms with Gasteiger partial charge in [-0.25, -0.2) is 0 Å². The van der Waals surface area contributed by atoms with Crippen LogP contribution in [-0.4, -0.2) is 51.6 Å². The van der Waals surface area contributed by atoms with Crippen LogP contribution in [0.15, 0.2) is 29.9 Å². The first-order chi connectivity index (χ1) is 14.6. The number of aliphatic hydroxyl groups excluding tert-OH is 3. The lowest BCUT2D eigenvalue weighted by Crippen LogP contribution is -2.54. The number of phenolic OH excluding ortho intramolecular Hbond substituents is 1.